The van der Waals surface area contributed by atoms with E-state index in [2.05, 4.69) is 9.89 Å². The van der Waals surface area contributed by atoms with Gasteiger partial charge in [-0.15, -0.1) is 0 Å². The van der Waals surface area contributed by atoms with Crippen LogP contribution in [0.4, 0.5) is 22.0 Å². The molecule has 0 heterocycles. The highest BCUT2D eigenvalue weighted by atomic mass is 19.4. The molecule has 19 heavy (non-hydrogen) atoms. The molecule has 1 aromatic rings. The molecular formula is C10H9F5N2O2. The van der Waals surface area contributed by atoms with Crippen molar-refractivity contribution in [2.45, 2.75) is 12.6 Å². The molecule has 0 aromatic heterocycles. The summed E-state index contributed by atoms with van der Waals surface area (Å²) in [6.07, 6.45) is -7.60. The number of halogens is 5. The van der Waals surface area contributed by atoms with Gasteiger partial charge in [0.05, 0.1) is 5.56 Å². The van der Waals surface area contributed by atoms with E-state index in [1.54, 1.807) is 0 Å². The summed E-state index contributed by atoms with van der Waals surface area (Å²) in [5.74, 6) is -1.13. The van der Waals surface area contributed by atoms with Crippen LogP contribution < -0.4 is 10.5 Å². The van der Waals surface area contributed by atoms with Crippen LogP contribution in [0.5, 0.6) is 5.75 Å². The van der Waals surface area contributed by atoms with E-state index in [1.807, 2.05) is 0 Å². The van der Waals surface area contributed by atoms with Gasteiger partial charge in [0, 0.05) is 5.56 Å². The summed E-state index contributed by atoms with van der Waals surface area (Å²) < 4.78 is 66.5. The second-order valence-electron chi connectivity index (χ2n) is 3.39. The fourth-order valence-corrected chi connectivity index (χ4v) is 1.28. The zero-order valence-corrected chi connectivity index (χ0v) is 9.29. The summed E-state index contributed by atoms with van der Waals surface area (Å²) in [6.45, 7) is -1.03. The largest absolute Gasteiger partial charge is 0.488 e. The fraction of sp³-hybridized carbons (Fsp3) is 0.300. The molecular weight excluding hydrogens is 275 g/mol. The average Bonchev–Trinajstić information content (AvgIpc) is 2.34. The lowest BCUT2D eigenvalue weighted by atomic mass is 10.1. The molecule has 0 fully saturated rings. The first-order chi connectivity index (χ1) is 8.75. The van der Waals surface area contributed by atoms with E-state index in [9.17, 15) is 22.0 Å². The molecule has 0 radical (unpaired) electrons. The van der Waals surface area contributed by atoms with E-state index in [-0.39, 0.29) is 5.75 Å². The Labute approximate surface area is 104 Å². The lowest BCUT2D eigenvalue weighted by Gasteiger charge is -2.14. The Hall–Kier alpha value is -2.06. The molecule has 0 atom stereocenters. The van der Waals surface area contributed by atoms with E-state index in [1.165, 1.54) is 0 Å². The van der Waals surface area contributed by atoms with Crippen LogP contribution in [0.3, 0.4) is 0 Å². The van der Waals surface area contributed by atoms with Gasteiger partial charge in [0.2, 0.25) is 0 Å². The number of hydrogen-bond donors (Lipinski definition) is 2. The van der Waals surface area contributed by atoms with Gasteiger partial charge in [-0.3, -0.25) is 0 Å². The molecule has 0 saturated heterocycles. The van der Waals surface area contributed by atoms with Crippen molar-refractivity contribution < 1.29 is 31.9 Å². The summed E-state index contributed by atoms with van der Waals surface area (Å²) in [6, 6.07) is 2.40. The molecule has 0 aliphatic rings. The highest BCUT2D eigenvalue weighted by Gasteiger charge is 2.35. The third-order valence-corrected chi connectivity index (χ3v) is 2.06. The molecule has 0 bridgehead atoms. The van der Waals surface area contributed by atoms with Crippen LogP contribution in [-0.2, 0) is 6.18 Å². The molecule has 9 heteroatoms. The zero-order chi connectivity index (χ0) is 14.6. The Kier molecular flexibility index (Phi) is 4.52. The number of rotatable bonds is 4. The van der Waals surface area contributed by atoms with Crippen molar-refractivity contribution >= 4 is 5.84 Å². The first-order valence-corrected chi connectivity index (χ1v) is 4.85. The SMILES string of the molecule is N/C(=N/O)c1ccc(OCC(F)F)cc1C(F)(F)F. The highest BCUT2D eigenvalue weighted by Crippen LogP contribution is 2.34. The van der Waals surface area contributed by atoms with Crippen molar-refractivity contribution in [1.29, 1.82) is 0 Å². The second-order valence-corrected chi connectivity index (χ2v) is 3.39. The lowest BCUT2D eigenvalue weighted by molar-refractivity contribution is -0.137. The Morgan fingerprint density at radius 1 is 1.37 bits per heavy atom. The Bertz CT molecular complexity index is 473. The third kappa shape index (κ3) is 3.97. The number of amidine groups is 1. The summed E-state index contributed by atoms with van der Waals surface area (Å²) in [7, 11) is 0. The number of nitrogens with two attached hydrogens (primary N) is 1. The maximum Gasteiger partial charge on any atom is 0.417 e. The molecule has 1 aromatic carbocycles. The van der Waals surface area contributed by atoms with Gasteiger partial charge in [0.15, 0.2) is 5.84 Å². The predicted molar refractivity (Wildman–Crippen MR) is 55.5 cm³/mol. The Balaban J connectivity index is 3.16. The van der Waals surface area contributed by atoms with Crippen LogP contribution in [0.2, 0.25) is 0 Å². The van der Waals surface area contributed by atoms with Crippen molar-refractivity contribution in [1.82, 2.24) is 0 Å². The van der Waals surface area contributed by atoms with Gasteiger partial charge in [0.1, 0.15) is 12.4 Å². The monoisotopic (exact) mass is 284 g/mol. The van der Waals surface area contributed by atoms with Crippen LogP contribution >= 0.6 is 0 Å². The van der Waals surface area contributed by atoms with Crippen LogP contribution in [0.15, 0.2) is 23.4 Å². The van der Waals surface area contributed by atoms with Gasteiger partial charge in [-0.1, -0.05) is 5.16 Å². The minimum Gasteiger partial charge on any atom is -0.488 e. The highest BCUT2D eigenvalue weighted by molar-refractivity contribution is 5.98. The zero-order valence-electron chi connectivity index (χ0n) is 9.29. The molecule has 1 rings (SSSR count). The van der Waals surface area contributed by atoms with Crippen LogP contribution in [0.25, 0.3) is 0 Å². The number of ether oxygens (including phenoxy) is 1. The van der Waals surface area contributed by atoms with E-state index in [4.69, 9.17) is 10.9 Å². The topological polar surface area (TPSA) is 67.8 Å². The normalized spacial score (nSPS) is 12.8. The van der Waals surface area contributed by atoms with Crippen molar-refractivity contribution in [2.75, 3.05) is 6.61 Å². The number of hydrogen-bond acceptors (Lipinski definition) is 3. The first kappa shape index (κ1) is 15.0. The van der Waals surface area contributed by atoms with Crippen LogP contribution in [-0.4, -0.2) is 24.1 Å². The third-order valence-electron chi connectivity index (χ3n) is 2.06. The number of benzene rings is 1. The maximum absolute atomic E-state index is 12.7. The molecule has 0 spiro atoms. The van der Waals surface area contributed by atoms with Crippen molar-refractivity contribution in [3.8, 4) is 5.75 Å². The van der Waals surface area contributed by atoms with Gasteiger partial charge < -0.3 is 15.7 Å². The molecule has 106 valence electrons. The van der Waals surface area contributed by atoms with Crippen molar-refractivity contribution in [2.24, 2.45) is 10.9 Å². The van der Waals surface area contributed by atoms with Gasteiger partial charge in [-0.25, -0.2) is 8.78 Å². The summed E-state index contributed by atoms with van der Waals surface area (Å²) in [5.41, 5.74) is 3.29. The second kappa shape index (κ2) is 5.72. The smallest absolute Gasteiger partial charge is 0.417 e. The minimum atomic E-state index is -4.80. The van der Waals surface area contributed by atoms with Crippen molar-refractivity contribution in [3.05, 3.63) is 29.3 Å². The average molecular weight is 284 g/mol. The Morgan fingerprint density at radius 2 is 2.00 bits per heavy atom. The Morgan fingerprint density at radius 3 is 2.47 bits per heavy atom. The van der Waals surface area contributed by atoms with E-state index >= 15 is 0 Å². The molecule has 0 aliphatic heterocycles. The number of nitrogens with zero attached hydrogens (tertiary/aromatic N) is 1. The minimum absolute atomic E-state index is 0.387. The van der Waals surface area contributed by atoms with Gasteiger partial charge in [-0.05, 0) is 18.2 Å². The number of oxime groups is 1. The number of alkyl halides is 5. The molecule has 3 N–H and O–H groups in total. The summed E-state index contributed by atoms with van der Waals surface area (Å²) in [5, 5.41) is 10.9. The van der Waals surface area contributed by atoms with E-state index in [0.29, 0.717) is 6.07 Å². The maximum atomic E-state index is 12.7. The quantitative estimate of drug-likeness (QED) is 0.293. The van der Waals surface area contributed by atoms with Gasteiger partial charge in [-0.2, -0.15) is 13.2 Å². The molecule has 4 nitrogen and oxygen atoms in total. The molecule has 0 aliphatic carbocycles. The van der Waals surface area contributed by atoms with Crippen LogP contribution in [0, 0.1) is 0 Å². The van der Waals surface area contributed by atoms with Crippen LogP contribution in [0.1, 0.15) is 11.1 Å². The standard InChI is InChI=1S/C10H9F5N2O2/c11-8(12)4-19-5-1-2-6(9(16)17-18)7(3-5)10(13,14)15/h1-3,8,18H,4H2,(H2,16,17). The molecule has 0 amide bonds. The van der Waals surface area contributed by atoms with E-state index < -0.39 is 36.2 Å². The first-order valence-electron chi connectivity index (χ1n) is 4.85. The van der Waals surface area contributed by atoms with Crippen molar-refractivity contribution in [3.63, 3.8) is 0 Å². The fourth-order valence-electron chi connectivity index (χ4n) is 1.28. The van der Waals surface area contributed by atoms with E-state index in [0.717, 1.165) is 12.1 Å². The molecule has 0 unspecified atom stereocenters. The predicted octanol–water partition coefficient (Wildman–Crippen LogP) is 2.44. The van der Waals surface area contributed by atoms with Gasteiger partial charge in [0.25, 0.3) is 6.43 Å². The summed E-state index contributed by atoms with van der Waals surface area (Å²) in [4.78, 5) is 0. The lowest BCUT2D eigenvalue weighted by Crippen LogP contribution is -2.20. The summed E-state index contributed by atoms with van der Waals surface area (Å²) >= 11 is 0. The molecule has 0 saturated carbocycles. The van der Waals surface area contributed by atoms with Gasteiger partial charge >= 0.3 is 6.18 Å².